The SMILES string of the molecule is O=c1c2ccccc2n(-c2ccccc2)c2cc3c(=O)c4ccc(-c5cccc(N(c6ccccc6)c6ccc(-c7ccc8c(c7)C7(c9ccccc9-c9ccccc97)c7cc(-c9ccc(N(c%10ccccc%10)c%10ccccc%10)cc9)ccc7-8)cc6)c5)cc4n(-c4ccccc4)c3cc12. The van der Waals surface area contributed by atoms with Gasteiger partial charge in [0.1, 0.15) is 0 Å². The molecule has 15 aromatic carbocycles. The maximum absolute atomic E-state index is 15.2. The molecular weight excluding hydrogens is 1210 g/mol. The molecule has 6 heteroatoms. The molecule has 0 N–H and O–H groups in total. The van der Waals surface area contributed by atoms with Crippen molar-refractivity contribution in [3.05, 3.63) is 407 Å². The number of hydrogen-bond acceptors (Lipinski definition) is 4. The van der Waals surface area contributed by atoms with E-state index in [-0.39, 0.29) is 10.9 Å². The topological polar surface area (TPSA) is 50.5 Å². The molecule has 2 aliphatic rings. The van der Waals surface area contributed by atoms with Crippen LogP contribution in [0.3, 0.4) is 0 Å². The van der Waals surface area contributed by atoms with E-state index in [1.807, 2.05) is 91.0 Å². The van der Waals surface area contributed by atoms with Crippen LogP contribution in [0.15, 0.2) is 374 Å². The monoisotopic (exact) mass is 1260 g/mol. The van der Waals surface area contributed by atoms with Gasteiger partial charge in [-0.05, 0) is 223 Å². The standard InChI is InChI=1S/C93H60N4O2/c98-91-79-37-18-21-40-87(79)96(70-30-12-4-13-31-70)89-59-82-90(60-81(89)91)97(71-32-14-5-15-33-71)88-58-66(47-54-80(88)92(82)99)63-23-22-34-74(55-63)95(69-28-10-3-11-29-69)73-50-43-62(44-51-73)65-46-53-78-77-52-45-64(61-41-48-72(49-42-61)94(67-24-6-1-7-25-67)68-26-8-2-9-27-68)56-85(77)93(86(78)57-65)83-38-19-16-35-75(83)76-36-17-20-39-84(76)93/h1-60H. The summed E-state index contributed by atoms with van der Waals surface area (Å²) in [6.45, 7) is 0. The van der Waals surface area contributed by atoms with Gasteiger partial charge in [-0.3, -0.25) is 9.59 Å². The Bertz CT molecular complexity index is 6100. The van der Waals surface area contributed by atoms with Crippen molar-refractivity contribution in [2.75, 3.05) is 9.80 Å². The van der Waals surface area contributed by atoms with Gasteiger partial charge >= 0.3 is 0 Å². The Morgan fingerprint density at radius 3 is 1.06 bits per heavy atom. The van der Waals surface area contributed by atoms with Gasteiger partial charge in [0, 0.05) is 67.0 Å². The third-order valence-corrected chi connectivity index (χ3v) is 20.5. The highest BCUT2D eigenvalue weighted by molar-refractivity contribution is 6.06. The summed E-state index contributed by atoms with van der Waals surface area (Å²) in [5.41, 5.74) is 26.9. The van der Waals surface area contributed by atoms with Crippen molar-refractivity contribution in [3.63, 3.8) is 0 Å². The lowest BCUT2D eigenvalue weighted by atomic mass is 9.70. The molecule has 2 aliphatic carbocycles. The lowest BCUT2D eigenvalue weighted by Crippen LogP contribution is -2.26. The Hall–Kier alpha value is -13.2. The third-order valence-electron chi connectivity index (χ3n) is 20.5. The molecule has 17 aromatic rings. The second kappa shape index (κ2) is 23.1. The van der Waals surface area contributed by atoms with Crippen LogP contribution < -0.4 is 20.7 Å². The lowest BCUT2D eigenvalue weighted by molar-refractivity contribution is 0.794. The van der Waals surface area contributed by atoms with E-state index < -0.39 is 5.41 Å². The number of benzene rings is 15. The van der Waals surface area contributed by atoms with Crippen molar-refractivity contribution in [1.29, 1.82) is 0 Å². The average molecular weight is 1270 g/mol. The molecule has 0 radical (unpaired) electrons. The molecule has 2 aromatic heterocycles. The molecule has 99 heavy (non-hydrogen) atoms. The maximum Gasteiger partial charge on any atom is 0.197 e. The fraction of sp³-hybridized carbons (Fsp3) is 0.0108. The molecule has 0 aliphatic heterocycles. The molecule has 2 heterocycles. The van der Waals surface area contributed by atoms with E-state index in [0.717, 1.165) is 84.3 Å². The van der Waals surface area contributed by atoms with Crippen LogP contribution in [0, 0.1) is 0 Å². The minimum atomic E-state index is -0.563. The Kier molecular flexibility index (Phi) is 13.3. The van der Waals surface area contributed by atoms with Gasteiger partial charge in [-0.1, -0.05) is 218 Å². The van der Waals surface area contributed by atoms with Crippen molar-refractivity contribution in [2.24, 2.45) is 0 Å². The van der Waals surface area contributed by atoms with E-state index in [0.29, 0.717) is 32.6 Å². The predicted octanol–water partition coefficient (Wildman–Crippen LogP) is 22.9. The first-order chi connectivity index (χ1) is 48.9. The van der Waals surface area contributed by atoms with E-state index in [9.17, 15) is 4.79 Å². The van der Waals surface area contributed by atoms with Crippen LogP contribution in [0.25, 0.3) is 111 Å². The minimum absolute atomic E-state index is 0.0843. The highest BCUT2D eigenvalue weighted by Crippen LogP contribution is 2.63. The van der Waals surface area contributed by atoms with Crippen LogP contribution in [-0.2, 0) is 5.41 Å². The van der Waals surface area contributed by atoms with E-state index in [2.05, 4.69) is 292 Å². The molecule has 0 fully saturated rings. The first-order valence-electron chi connectivity index (χ1n) is 33.7. The largest absolute Gasteiger partial charge is 0.311 e. The first kappa shape index (κ1) is 57.3. The van der Waals surface area contributed by atoms with Crippen LogP contribution >= 0.6 is 0 Å². The quantitative estimate of drug-likeness (QED) is 0.121. The summed E-state index contributed by atoms with van der Waals surface area (Å²) < 4.78 is 4.25. The van der Waals surface area contributed by atoms with Gasteiger partial charge in [0.2, 0.25) is 0 Å². The van der Waals surface area contributed by atoms with Crippen molar-refractivity contribution in [1.82, 2.24) is 9.13 Å². The van der Waals surface area contributed by atoms with Crippen molar-refractivity contribution in [3.8, 4) is 67.0 Å². The zero-order valence-electron chi connectivity index (χ0n) is 53.7. The highest BCUT2D eigenvalue weighted by atomic mass is 16.1. The number of anilines is 6. The van der Waals surface area contributed by atoms with Crippen LogP contribution in [0.2, 0.25) is 0 Å². The van der Waals surface area contributed by atoms with Gasteiger partial charge in [-0.15, -0.1) is 0 Å². The highest BCUT2D eigenvalue weighted by Gasteiger charge is 2.52. The smallest absolute Gasteiger partial charge is 0.197 e. The lowest BCUT2D eigenvalue weighted by Gasteiger charge is -2.31. The second-order valence-electron chi connectivity index (χ2n) is 25.8. The Labute approximate surface area is 572 Å². The Morgan fingerprint density at radius 2 is 0.556 bits per heavy atom. The number of nitrogens with zero attached hydrogens (tertiary/aromatic N) is 4. The van der Waals surface area contributed by atoms with Crippen LogP contribution in [0.1, 0.15) is 22.3 Å². The minimum Gasteiger partial charge on any atom is -0.311 e. The summed E-state index contributed by atoms with van der Waals surface area (Å²) in [6.07, 6.45) is 0. The first-order valence-corrected chi connectivity index (χ1v) is 33.7. The Morgan fingerprint density at radius 1 is 0.212 bits per heavy atom. The van der Waals surface area contributed by atoms with Crippen LogP contribution in [0.4, 0.5) is 34.1 Å². The zero-order valence-corrected chi connectivity index (χ0v) is 53.7. The molecule has 0 saturated heterocycles. The van der Waals surface area contributed by atoms with Crippen LogP contribution in [0.5, 0.6) is 0 Å². The van der Waals surface area contributed by atoms with Crippen molar-refractivity contribution >= 4 is 77.7 Å². The summed E-state index contributed by atoms with van der Waals surface area (Å²) in [4.78, 5) is 34.5. The molecule has 1 spiro atoms. The van der Waals surface area contributed by atoms with Gasteiger partial charge in [-0.2, -0.15) is 0 Å². The van der Waals surface area contributed by atoms with Gasteiger partial charge < -0.3 is 18.9 Å². The number of hydrogen-bond donors (Lipinski definition) is 0. The van der Waals surface area contributed by atoms with E-state index >= 15 is 4.79 Å². The summed E-state index contributed by atoms with van der Waals surface area (Å²) in [5, 5.41) is 2.24. The molecule has 0 amide bonds. The second-order valence-corrected chi connectivity index (χ2v) is 25.8. The van der Waals surface area contributed by atoms with Crippen molar-refractivity contribution < 1.29 is 0 Å². The van der Waals surface area contributed by atoms with Crippen molar-refractivity contribution in [2.45, 2.75) is 5.41 Å². The van der Waals surface area contributed by atoms with E-state index in [1.165, 1.54) is 50.1 Å². The van der Waals surface area contributed by atoms with Gasteiger partial charge in [0.25, 0.3) is 0 Å². The average Bonchev–Trinajstić information content (AvgIpc) is 1.52. The number of aromatic nitrogens is 2. The molecule has 0 saturated carbocycles. The fourth-order valence-electron chi connectivity index (χ4n) is 16.1. The van der Waals surface area contributed by atoms with E-state index in [4.69, 9.17) is 0 Å². The molecule has 0 bridgehead atoms. The maximum atomic E-state index is 15.2. The molecule has 19 rings (SSSR count). The van der Waals surface area contributed by atoms with Gasteiger partial charge in [0.15, 0.2) is 10.9 Å². The number of rotatable bonds is 11. The summed E-state index contributed by atoms with van der Waals surface area (Å²) >= 11 is 0. The number of para-hydroxylation sites is 6. The summed E-state index contributed by atoms with van der Waals surface area (Å²) in [6, 6.07) is 129. The fourth-order valence-corrected chi connectivity index (χ4v) is 16.1. The zero-order chi connectivity index (χ0) is 65.7. The molecular formula is C93H60N4O2. The predicted molar refractivity (Wildman–Crippen MR) is 410 cm³/mol. The molecule has 6 nitrogen and oxygen atoms in total. The van der Waals surface area contributed by atoms with E-state index in [1.54, 1.807) is 0 Å². The molecule has 0 unspecified atom stereocenters. The van der Waals surface area contributed by atoms with Gasteiger partial charge in [-0.25, -0.2) is 0 Å². The molecule has 0 atom stereocenters. The van der Waals surface area contributed by atoms with Crippen LogP contribution in [-0.4, -0.2) is 9.13 Å². The molecule has 464 valence electrons. The number of fused-ring (bicyclic) bond motifs is 14. The summed E-state index contributed by atoms with van der Waals surface area (Å²) in [7, 11) is 0. The Balaban J connectivity index is 0.701. The third kappa shape index (κ3) is 9.11. The van der Waals surface area contributed by atoms with Gasteiger partial charge in [0.05, 0.1) is 27.5 Å². The normalized spacial score (nSPS) is 12.4. The number of pyridine rings is 2. The summed E-state index contributed by atoms with van der Waals surface area (Å²) in [5.74, 6) is 0.